The number of carboxylic acid groups (broad SMARTS) is 1. The number of fused-ring (bicyclic) bond motifs is 1. The lowest BCUT2D eigenvalue weighted by Gasteiger charge is -2.28. The SMILES string of the molecule is O=C(O)CCCS(=O)(=O)N1CCc2ccc(O)cc2C1. The normalized spacial score (nSPS) is 15.8. The van der Waals surface area contributed by atoms with E-state index >= 15 is 0 Å². The van der Waals surface area contributed by atoms with Gasteiger partial charge in [0.1, 0.15) is 5.75 Å². The Balaban J connectivity index is 2.05. The number of carboxylic acids is 1. The average Bonchev–Trinajstić information content (AvgIpc) is 2.37. The zero-order valence-electron chi connectivity index (χ0n) is 10.9. The van der Waals surface area contributed by atoms with Crippen LogP contribution in [0.25, 0.3) is 0 Å². The van der Waals surface area contributed by atoms with Crippen LogP contribution in [0.3, 0.4) is 0 Å². The summed E-state index contributed by atoms with van der Waals surface area (Å²) >= 11 is 0. The van der Waals surface area contributed by atoms with Crippen molar-refractivity contribution in [1.82, 2.24) is 4.31 Å². The molecule has 1 aromatic carbocycles. The molecule has 0 radical (unpaired) electrons. The van der Waals surface area contributed by atoms with Crippen LogP contribution < -0.4 is 0 Å². The van der Waals surface area contributed by atoms with E-state index in [4.69, 9.17) is 5.11 Å². The molecule has 0 saturated carbocycles. The molecule has 7 heteroatoms. The second kappa shape index (κ2) is 5.80. The number of hydrogen-bond donors (Lipinski definition) is 2. The van der Waals surface area contributed by atoms with Gasteiger partial charge in [0.15, 0.2) is 0 Å². The maximum absolute atomic E-state index is 12.1. The van der Waals surface area contributed by atoms with E-state index in [-0.39, 0.29) is 30.9 Å². The highest BCUT2D eigenvalue weighted by atomic mass is 32.2. The summed E-state index contributed by atoms with van der Waals surface area (Å²) in [5, 5.41) is 18.0. The molecule has 1 aliphatic heterocycles. The molecule has 0 atom stereocenters. The van der Waals surface area contributed by atoms with Crippen LogP contribution in [0.2, 0.25) is 0 Å². The van der Waals surface area contributed by atoms with E-state index < -0.39 is 16.0 Å². The van der Waals surface area contributed by atoms with Gasteiger partial charge in [-0.15, -0.1) is 0 Å². The Kier molecular flexibility index (Phi) is 4.29. The number of phenolic OH excluding ortho intramolecular Hbond substituents is 1. The molecule has 1 aromatic rings. The fourth-order valence-electron chi connectivity index (χ4n) is 2.29. The molecule has 0 amide bonds. The predicted octanol–water partition coefficient (Wildman–Crippen LogP) is 0.945. The Bertz CT molecular complexity index is 611. The number of hydrogen-bond acceptors (Lipinski definition) is 4. The Morgan fingerprint density at radius 2 is 2.05 bits per heavy atom. The molecule has 20 heavy (non-hydrogen) atoms. The second-order valence-corrected chi connectivity index (χ2v) is 6.94. The fraction of sp³-hybridized carbons (Fsp3) is 0.462. The maximum atomic E-state index is 12.1. The van der Waals surface area contributed by atoms with Crippen LogP contribution in [0.1, 0.15) is 24.0 Å². The largest absolute Gasteiger partial charge is 0.508 e. The fourth-order valence-corrected chi connectivity index (χ4v) is 3.76. The number of phenols is 1. The van der Waals surface area contributed by atoms with Gasteiger partial charge in [-0.2, -0.15) is 4.31 Å². The highest BCUT2D eigenvalue weighted by Crippen LogP contribution is 2.25. The lowest BCUT2D eigenvalue weighted by atomic mass is 10.0. The molecule has 2 N–H and O–H groups in total. The first kappa shape index (κ1) is 14.8. The molecule has 2 rings (SSSR count). The summed E-state index contributed by atoms with van der Waals surface area (Å²) in [5.41, 5.74) is 1.85. The third-order valence-corrected chi connectivity index (χ3v) is 5.26. The molecule has 0 saturated heterocycles. The van der Waals surface area contributed by atoms with Crippen molar-refractivity contribution < 1.29 is 23.4 Å². The van der Waals surface area contributed by atoms with Crippen LogP contribution in [0.4, 0.5) is 0 Å². The Labute approximate surface area is 117 Å². The van der Waals surface area contributed by atoms with Gasteiger partial charge in [0.25, 0.3) is 0 Å². The number of benzene rings is 1. The lowest BCUT2D eigenvalue weighted by Crippen LogP contribution is -2.37. The zero-order chi connectivity index (χ0) is 14.8. The van der Waals surface area contributed by atoms with Gasteiger partial charge < -0.3 is 10.2 Å². The van der Waals surface area contributed by atoms with Gasteiger partial charge in [0.2, 0.25) is 10.0 Å². The van der Waals surface area contributed by atoms with E-state index in [0.29, 0.717) is 13.0 Å². The van der Waals surface area contributed by atoms with Crippen LogP contribution in [0.15, 0.2) is 18.2 Å². The van der Waals surface area contributed by atoms with E-state index in [9.17, 15) is 18.3 Å². The van der Waals surface area contributed by atoms with Crippen LogP contribution in [-0.4, -0.2) is 41.2 Å². The van der Waals surface area contributed by atoms with Crippen molar-refractivity contribution in [1.29, 1.82) is 0 Å². The second-order valence-electron chi connectivity index (χ2n) is 4.85. The molecule has 0 unspecified atom stereocenters. The highest BCUT2D eigenvalue weighted by Gasteiger charge is 2.26. The molecular weight excluding hydrogens is 282 g/mol. The van der Waals surface area contributed by atoms with Crippen molar-refractivity contribution in [2.24, 2.45) is 0 Å². The summed E-state index contributed by atoms with van der Waals surface area (Å²) in [6.07, 6.45) is 0.569. The first-order chi connectivity index (χ1) is 9.38. The molecule has 0 spiro atoms. The van der Waals surface area contributed by atoms with Crippen molar-refractivity contribution in [3.8, 4) is 5.75 Å². The third kappa shape index (κ3) is 3.49. The first-order valence-electron chi connectivity index (χ1n) is 6.39. The lowest BCUT2D eigenvalue weighted by molar-refractivity contribution is -0.137. The molecule has 0 bridgehead atoms. The topological polar surface area (TPSA) is 94.9 Å². The van der Waals surface area contributed by atoms with E-state index in [1.807, 2.05) is 0 Å². The molecule has 110 valence electrons. The number of nitrogens with zero attached hydrogens (tertiary/aromatic N) is 1. The van der Waals surface area contributed by atoms with Gasteiger partial charge in [-0.25, -0.2) is 8.42 Å². The Morgan fingerprint density at radius 1 is 1.30 bits per heavy atom. The number of sulfonamides is 1. The monoisotopic (exact) mass is 299 g/mol. The van der Waals surface area contributed by atoms with Crippen LogP contribution in [0, 0.1) is 0 Å². The molecule has 1 heterocycles. The standard InChI is InChI=1S/C13H17NO5S/c15-12-4-3-10-5-6-14(9-11(10)8-12)20(18,19)7-1-2-13(16)17/h3-4,8,15H,1-2,5-7,9H2,(H,16,17). The number of aliphatic carboxylic acids is 1. The van der Waals surface area contributed by atoms with Crippen LogP contribution in [-0.2, 0) is 27.8 Å². The van der Waals surface area contributed by atoms with Gasteiger partial charge in [0, 0.05) is 19.5 Å². The Hall–Kier alpha value is -1.60. The zero-order valence-corrected chi connectivity index (χ0v) is 11.8. The molecule has 0 aliphatic carbocycles. The minimum Gasteiger partial charge on any atom is -0.508 e. The molecule has 6 nitrogen and oxygen atoms in total. The van der Waals surface area contributed by atoms with E-state index in [1.165, 1.54) is 4.31 Å². The number of rotatable bonds is 5. The van der Waals surface area contributed by atoms with Gasteiger partial charge in [-0.3, -0.25) is 4.79 Å². The quantitative estimate of drug-likeness (QED) is 0.844. The van der Waals surface area contributed by atoms with E-state index in [0.717, 1.165) is 11.1 Å². The van der Waals surface area contributed by atoms with Crippen LogP contribution >= 0.6 is 0 Å². The van der Waals surface area contributed by atoms with Crippen molar-refractivity contribution in [3.63, 3.8) is 0 Å². The van der Waals surface area contributed by atoms with Gasteiger partial charge >= 0.3 is 5.97 Å². The van der Waals surface area contributed by atoms with Gasteiger partial charge in [0.05, 0.1) is 5.75 Å². The minimum absolute atomic E-state index is 0.112. The summed E-state index contributed by atoms with van der Waals surface area (Å²) in [5.74, 6) is -1.03. The number of aromatic hydroxyl groups is 1. The first-order valence-corrected chi connectivity index (χ1v) is 8.00. The van der Waals surface area contributed by atoms with Crippen LogP contribution in [0.5, 0.6) is 5.75 Å². The minimum atomic E-state index is -3.45. The molecule has 0 fully saturated rings. The predicted molar refractivity (Wildman–Crippen MR) is 72.9 cm³/mol. The molecule has 0 aromatic heterocycles. The van der Waals surface area contributed by atoms with Crippen molar-refractivity contribution in [2.45, 2.75) is 25.8 Å². The van der Waals surface area contributed by atoms with E-state index in [1.54, 1.807) is 18.2 Å². The highest BCUT2D eigenvalue weighted by molar-refractivity contribution is 7.89. The average molecular weight is 299 g/mol. The summed E-state index contributed by atoms with van der Waals surface area (Å²) in [7, 11) is -3.45. The van der Waals surface area contributed by atoms with Gasteiger partial charge in [-0.05, 0) is 36.1 Å². The Morgan fingerprint density at radius 3 is 2.75 bits per heavy atom. The van der Waals surface area contributed by atoms with Crippen molar-refractivity contribution >= 4 is 16.0 Å². The summed E-state index contributed by atoms with van der Waals surface area (Å²) in [6, 6.07) is 4.98. The summed E-state index contributed by atoms with van der Waals surface area (Å²) < 4.78 is 25.6. The van der Waals surface area contributed by atoms with Gasteiger partial charge in [-0.1, -0.05) is 6.07 Å². The summed E-state index contributed by atoms with van der Waals surface area (Å²) in [6.45, 7) is 0.631. The van der Waals surface area contributed by atoms with Crippen molar-refractivity contribution in [2.75, 3.05) is 12.3 Å². The molecular formula is C13H17NO5S. The smallest absolute Gasteiger partial charge is 0.303 e. The maximum Gasteiger partial charge on any atom is 0.303 e. The third-order valence-electron chi connectivity index (χ3n) is 3.35. The van der Waals surface area contributed by atoms with E-state index in [2.05, 4.69) is 0 Å². The number of carbonyl (C=O) groups is 1. The van der Waals surface area contributed by atoms with Crippen molar-refractivity contribution in [3.05, 3.63) is 29.3 Å². The molecule has 1 aliphatic rings. The summed E-state index contributed by atoms with van der Waals surface area (Å²) in [4.78, 5) is 10.4.